The van der Waals surface area contributed by atoms with Crippen molar-refractivity contribution in [2.24, 2.45) is 5.73 Å². The van der Waals surface area contributed by atoms with E-state index in [1.165, 1.54) is 6.07 Å². The van der Waals surface area contributed by atoms with Crippen molar-refractivity contribution < 1.29 is 4.39 Å². The van der Waals surface area contributed by atoms with E-state index in [-0.39, 0.29) is 5.82 Å². The average Bonchev–Trinajstić information content (AvgIpc) is 2.23. The lowest BCUT2D eigenvalue weighted by molar-refractivity contribution is 0.299. The minimum Gasteiger partial charge on any atom is -0.392 e. The van der Waals surface area contributed by atoms with E-state index in [0.717, 1.165) is 17.4 Å². The molecule has 1 rings (SSSR count). The van der Waals surface area contributed by atoms with Gasteiger partial charge in [0.25, 0.3) is 0 Å². The molecule has 0 atom stereocenters. The number of hydrogen-bond donors (Lipinski definition) is 1. The number of nitrogens with zero attached hydrogens (tertiary/aromatic N) is 1. The van der Waals surface area contributed by atoms with Gasteiger partial charge in [0.05, 0.1) is 4.99 Å². The molecule has 0 aliphatic carbocycles. The van der Waals surface area contributed by atoms with Gasteiger partial charge in [0, 0.05) is 23.1 Å². The van der Waals surface area contributed by atoms with Crippen LogP contribution in [0, 0.1) is 5.82 Å². The molecular formula is C12H16BrFN2S. The molecule has 94 valence electrons. The maximum absolute atomic E-state index is 13.6. The number of thiocarbonyl (C=S) groups is 1. The first-order valence-electron chi connectivity index (χ1n) is 5.47. The molecule has 0 radical (unpaired) electrons. The number of rotatable bonds is 6. The molecule has 0 saturated heterocycles. The summed E-state index contributed by atoms with van der Waals surface area (Å²) in [6.07, 6.45) is 0.984. The van der Waals surface area contributed by atoms with E-state index in [1.807, 2.05) is 4.90 Å². The van der Waals surface area contributed by atoms with Crippen LogP contribution >= 0.6 is 28.1 Å². The lowest BCUT2D eigenvalue weighted by Gasteiger charge is -2.21. The Balaban J connectivity index is 2.77. The predicted octanol–water partition coefficient (Wildman–Crippen LogP) is 3.09. The minimum absolute atomic E-state index is 0.197. The van der Waals surface area contributed by atoms with Gasteiger partial charge in [-0.15, -0.1) is 0 Å². The first-order chi connectivity index (χ1) is 8.02. The van der Waals surface area contributed by atoms with Crippen molar-refractivity contribution in [2.45, 2.75) is 19.9 Å². The van der Waals surface area contributed by atoms with Crippen molar-refractivity contribution in [3.63, 3.8) is 0 Å². The smallest absolute Gasteiger partial charge is 0.127 e. The second-order valence-electron chi connectivity index (χ2n) is 3.91. The summed E-state index contributed by atoms with van der Waals surface area (Å²) in [6.45, 7) is 3.97. The van der Waals surface area contributed by atoms with Crippen LogP contribution in [0.2, 0.25) is 0 Å². The molecule has 0 heterocycles. The van der Waals surface area contributed by atoms with Crippen LogP contribution in [0.1, 0.15) is 18.9 Å². The number of hydrogen-bond acceptors (Lipinski definition) is 2. The lowest BCUT2D eigenvalue weighted by Crippen LogP contribution is -2.33. The summed E-state index contributed by atoms with van der Waals surface area (Å²) in [5, 5.41) is 0. The monoisotopic (exact) mass is 318 g/mol. The first kappa shape index (κ1) is 14.5. The molecule has 0 fully saturated rings. The Bertz CT molecular complexity index is 398. The van der Waals surface area contributed by atoms with Crippen LogP contribution in [0.4, 0.5) is 4.39 Å². The molecule has 0 saturated carbocycles. The van der Waals surface area contributed by atoms with Crippen molar-refractivity contribution in [1.29, 1.82) is 0 Å². The van der Waals surface area contributed by atoms with Crippen molar-refractivity contribution in [1.82, 2.24) is 4.90 Å². The maximum atomic E-state index is 13.6. The van der Waals surface area contributed by atoms with Crippen LogP contribution in [0.5, 0.6) is 0 Å². The Kier molecular flexibility index (Phi) is 6.02. The largest absolute Gasteiger partial charge is 0.392 e. The topological polar surface area (TPSA) is 29.3 Å². The third-order valence-corrected chi connectivity index (χ3v) is 2.94. The highest BCUT2D eigenvalue weighted by molar-refractivity contribution is 9.10. The predicted molar refractivity (Wildman–Crippen MR) is 76.5 cm³/mol. The Hall–Kier alpha value is -0.520. The van der Waals surface area contributed by atoms with E-state index < -0.39 is 0 Å². The molecule has 0 aliphatic rings. The number of benzene rings is 1. The second-order valence-corrected chi connectivity index (χ2v) is 5.35. The molecule has 1 aromatic rings. The number of halogens is 2. The van der Waals surface area contributed by atoms with E-state index >= 15 is 0 Å². The highest BCUT2D eigenvalue weighted by Gasteiger charge is 2.10. The summed E-state index contributed by atoms with van der Waals surface area (Å²) in [7, 11) is 0. The average molecular weight is 319 g/mol. The molecule has 5 heteroatoms. The van der Waals surface area contributed by atoms with Crippen molar-refractivity contribution >= 4 is 33.1 Å². The zero-order valence-corrected chi connectivity index (χ0v) is 12.2. The number of nitrogens with two attached hydrogens (primary N) is 1. The Morgan fingerprint density at radius 1 is 1.53 bits per heavy atom. The molecule has 2 nitrogen and oxygen atoms in total. The van der Waals surface area contributed by atoms with Crippen LogP contribution in [0.15, 0.2) is 22.7 Å². The molecule has 0 aromatic heterocycles. The van der Waals surface area contributed by atoms with E-state index in [0.29, 0.717) is 23.6 Å². The van der Waals surface area contributed by atoms with Gasteiger partial charge in [0.2, 0.25) is 0 Å². The fraction of sp³-hybridized carbons (Fsp3) is 0.417. The summed E-state index contributed by atoms with van der Waals surface area (Å²) in [4.78, 5) is 2.49. The lowest BCUT2D eigenvalue weighted by atomic mass is 10.2. The molecule has 0 amide bonds. The van der Waals surface area contributed by atoms with Crippen LogP contribution in [-0.4, -0.2) is 23.0 Å². The molecule has 2 N–H and O–H groups in total. The van der Waals surface area contributed by atoms with Gasteiger partial charge >= 0.3 is 0 Å². The first-order valence-corrected chi connectivity index (χ1v) is 6.67. The van der Waals surface area contributed by atoms with Gasteiger partial charge in [0.15, 0.2) is 0 Å². The van der Waals surface area contributed by atoms with Gasteiger partial charge in [-0.25, -0.2) is 4.39 Å². The second kappa shape index (κ2) is 7.03. The summed E-state index contributed by atoms with van der Waals surface area (Å²) >= 11 is 8.23. The highest BCUT2D eigenvalue weighted by atomic mass is 79.9. The third-order valence-electron chi connectivity index (χ3n) is 2.32. The van der Waals surface area contributed by atoms with Gasteiger partial charge in [-0.3, -0.25) is 4.90 Å². The summed E-state index contributed by atoms with van der Waals surface area (Å²) < 4.78 is 14.5. The van der Waals surface area contributed by atoms with Crippen LogP contribution in [0.25, 0.3) is 0 Å². The van der Waals surface area contributed by atoms with Crippen molar-refractivity contribution in [3.05, 3.63) is 34.1 Å². The summed E-state index contributed by atoms with van der Waals surface area (Å²) in [5.74, 6) is -0.197. The van der Waals surface area contributed by atoms with Crippen LogP contribution < -0.4 is 5.73 Å². The standard InChI is InChI=1S/C12H16BrFN2S/c1-2-5-16(8-12(15)17)7-9-6-10(13)3-4-11(9)14/h3-4,6H,2,5,7-8H2,1H3,(H2,15,17). The molecule has 17 heavy (non-hydrogen) atoms. The van der Waals surface area contributed by atoms with E-state index in [2.05, 4.69) is 22.9 Å². The fourth-order valence-corrected chi connectivity index (χ4v) is 2.25. The fourth-order valence-electron chi connectivity index (χ4n) is 1.66. The van der Waals surface area contributed by atoms with Crippen LogP contribution in [-0.2, 0) is 6.54 Å². The maximum Gasteiger partial charge on any atom is 0.127 e. The van der Waals surface area contributed by atoms with Gasteiger partial charge in [-0.2, -0.15) is 0 Å². The van der Waals surface area contributed by atoms with Gasteiger partial charge in [-0.1, -0.05) is 35.1 Å². The molecule has 0 aliphatic heterocycles. The molecule has 1 aromatic carbocycles. The molecular weight excluding hydrogens is 303 g/mol. The van der Waals surface area contributed by atoms with E-state index in [4.69, 9.17) is 18.0 Å². The van der Waals surface area contributed by atoms with Gasteiger partial charge in [0.1, 0.15) is 5.82 Å². The van der Waals surface area contributed by atoms with Crippen LogP contribution in [0.3, 0.4) is 0 Å². The van der Waals surface area contributed by atoms with Crippen molar-refractivity contribution in [3.8, 4) is 0 Å². The molecule has 0 unspecified atom stereocenters. The van der Waals surface area contributed by atoms with Crippen molar-refractivity contribution in [2.75, 3.05) is 13.1 Å². The Morgan fingerprint density at radius 2 is 2.24 bits per heavy atom. The highest BCUT2D eigenvalue weighted by Crippen LogP contribution is 2.17. The SMILES string of the molecule is CCCN(CC(N)=S)Cc1cc(Br)ccc1F. The summed E-state index contributed by atoms with van der Waals surface area (Å²) in [5.41, 5.74) is 6.19. The third kappa shape index (κ3) is 5.10. The minimum atomic E-state index is -0.197. The van der Waals surface area contributed by atoms with Gasteiger partial charge < -0.3 is 5.73 Å². The van der Waals surface area contributed by atoms with Gasteiger partial charge in [-0.05, 0) is 31.2 Å². The van der Waals surface area contributed by atoms with E-state index in [1.54, 1.807) is 12.1 Å². The quantitative estimate of drug-likeness (QED) is 0.817. The Labute approximate surface area is 115 Å². The molecule has 0 bridgehead atoms. The summed E-state index contributed by atoms with van der Waals surface area (Å²) in [6, 6.07) is 4.94. The zero-order valence-electron chi connectivity index (χ0n) is 9.75. The zero-order chi connectivity index (χ0) is 12.8. The Morgan fingerprint density at radius 3 is 2.82 bits per heavy atom. The normalized spacial score (nSPS) is 10.8. The molecule has 0 spiro atoms. The van der Waals surface area contributed by atoms with E-state index in [9.17, 15) is 4.39 Å².